The number of rotatable bonds is 3. The summed E-state index contributed by atoms with van der Waals surface area (Å²) in [6.45, 7) is 4.78. The summed E-state index contributed by atoms with van der Waals surface area (Å²) in [5.74, 6) is 0.701. The van der Waals surface area contributed by atoms with E-state index in [1.165, 1.54) is 0 Å². The molecule has 1 aromatic rings. The van der Waals surface area contributed by atoms with Crippen molar-refractivity contribution in [1.29, 1.82) is 0 Å². The highest BCUT2D eigenvalue weighted by Gasteiger charge is 2.47. The molecule has 3 aliphatic heterocycles. The number of nitrogens with zero attached hydrogens (tertiary/aromatic N) is 3. The third-order valence-corrected chi connectivity index (χ3v) is 5.16. The van der Waals surface area contributed by atoms with E-state index in [0.717, 1.165) is 58.6 Å². The number of likely N-dealkylation sites (tertiary alicyclic amines) is 1. The molecule has 0 aromatic carbocycles. The average Bonchev–Trinajstić information content (AvgIpc) is 3.17. The van der Waals surface area contributed by atoms with E-state index in [1.807, 2.05) is 6.07 Å². The van der Waals surface area contributed by atoms with Crippen molar-refractivity contribution in [2.75, 3.05) is 38.2 Å². The molecule has 0 aliphatic carbocycles. The lowest BCUT2D eigenvalue weighted by molar-refractivity contribution is -0.00314. The molecule has 1 N–H and O–H groups in total. The summed E-state index contributed by atoms with van der Waals surface area (Å²) < 4.78 is 11.7. The second-order valence-electron chi connectivity index (χ2n) is 6.68. The predicted octanol–water partition coefficient (Wildman–Crippen LogP) is 1.30. The summed E-state index contributed by atoms with van der Waals surface area (Å²) in [4.78, 5) is 11.1. The highest BCUT2D eigenvalue weighted by Crippen LogP contribution is 2.37. The van der Waals surface area contributed by atoms with Gasteiger partial charge in [0, 0.05) is 51.2 Å². The zero-order chi connectivity index (χ0) is 14.8. The summed E-state index contributed by atoms with van der Waals surface area (Å²) in [7, 11) is 0. The van der Waals surface area contributed by atoms with Crippen LogP contribution in [-0.2, 0) is 9.47 Å². The van der Waals surface area contributed by atoms with Gasteiger partial charge in [0.25, 0.3) is 0 Å². The second-order valence-corrected chi connectivity index (χ2v) is 6.68. The maximum Gasteiger partial charge on any atom is 0.222 e. The molecule has 1 aromatic heterocycles. The molecule has 0 bridgehead atoms. The van der Waals surface area contributed by atoms with Crippen LogP contribution >= 0.6 is 0 Å². The van der Waals surface area contributed by atoms with Gasteiger partial charge in [0.15, 0.2) is 0 Å². The SMILES string of the molecule is c1cnc(NC2COC3(CCN(C4CCOCC4)C3)C2)nc1. The zero-order valence-electron chi connectivity index (χ0n) is 12.9. The lowest BCUT2D eigenvalue weighted by atomic mass is 9.97. The highest BCUT2D eigenvalue weighted by molar-refractivity contribution is 5.25. The summed E-state index contributed by atoms with van der Waals surface area (Å²) in [6.07, 6.45) is 8.04. The fourth-order valence-electron chi connectivity index (χ4n) is 4.02. The van der Waals surface area contributed by atoms with Crippen LogP contribution in [0.2, 0.25) is 0 Å². The molecule has 3 saturated heterocycles. The molecule has 2 atom stereocenters. The minimum absolute atomic E-state index is 0.0325. The van der Waals surface area contributed by atoms with E-state index in [-0.39, 0.29) is 5.60 Å². The quantitative estimate of drug-likeness (QED) is 0.908. The average molecular weight is 304 g/mol. The smallest absolute Gasteiger partial charge is 0.222 e. The van der Waals surface area contributed by atoms with Crippen LogP contribution in [0.5, 0.6) is 0 Å². The molecule has 2 unspecified atom stereocenters. The zero-order valence-corrected chi connectivity index (χ0v) is 12.9. The Morgan fingerprint density at radius 1 is 1.23 bits per heavy atom. The van der Waals surface area contributed by atoms with Crippen LogP contribution in [0.1, 0.15) is 25.7 Å². The second kappa shape index (κ2) is 6.10. The van der Waals surface area contributed by atoms with Crippen LogP contribution in [0.25, 0.3) is 0 Å². The van der Waals surface area contributed by atoms with Crippen LogP contribution in [0.15, 0.2) is 18.5 Å². The van der Waals surface area contributed by atoms with E-state index in [0.29, 0.717) is 18.0 Å². The summed E-state index contributed by atoms with van der Waals surface area (Å²) in [6, 6.07) is 2.83. The van der Waals surface area contributed by atoms with E-state index >= 15 is 0 Å². The van der Waals surface area contributed by atoms with E-state index < -0.39 is 0 Å². The lowest BCUT2D eigenvalue weighted by Crippen LogP contribution is -2.41. The summed E-state index contributed by atoms with van der Waals surface area (Å²) >= 11 is 0. The van der Waals surface area contributed by atoms with E-state index in [1.54, 1.807) is 12.4 Å². The first-order valence-electron chi connectivity index (χ1n) is 8.32. The molecule has 0 saturated carbocycles. The van der Waals surface area contributed by atoms with E-state index in [4.69, 9.17) is 9.47 Å². The first-order valence-corrected chi connectivity index (χ1v) is 8.32. The van der Waals surface area contributed by atoms with Crippen molar-refractivity contribution in [2.45, 2.75) is 43.4 Å². The molecule has 0 radical (unpaired) electrons. The fraction of sp³-hybridized carbons (Fsp3) is 0.750. The highest BCUT2D eigenvalue weighted by atomic mass is 16.5. The van der Waals surface area contributed by atoms with Crippen molar-refractivity contribution in [3.05, 3.63) is 18.5 Å². The van der Waals surface area contributed by atoms with Crippen molar-refractivity contribution in [1.82, 2.24) is 14.9 Å². The molecule has 4 heterocycles. The van der Waals surface area contributed by atoms with Gasteiger partial charge in [0.2, 0.25) is 5.95 Å². The van der Waals surface area contributed by atoms with Crippen molar-refractivity contribution < 1.29 is 9.47 Å². The van der Waals surface area contributed by atoms with Gasteiger partial charge in [-0.1, -0.05) is 0 Å². The minimum Gasteiger partial charge on any atom is -0.381 e. The molecule has 6 heteroatoms. The number of ether oxygens (including phenoxy) is 2. The van der Waals surface area contributed by atoms with Gasteiger partial charge in [-0.25, -0.2) is 9.97 Å². The Kier molecular flexibility index (Phi) is 3.98. The molecule has 6 nitrogen and oxygen atoms in total. The third kappa shape index (κ3) is 2.95. The van der Waals surface area contributed by atoms with Gasteiger partial charge in [-0.3, -0.25) is 4.90 Å². The van der Waals surface area contributed by atoms with Gasteiger partial charge >= 0.3 is 0 Å². The van der Waals surface area contributed by atoms with Crippen LogP contribution in [0.4, 0.5) is 5.95 Å². The van der Waals surface area contributed by atoms with Crippen molar-refractivity contribution >= 4 is 5.95 Å². The van der Waals surface area contributed by atoms with E-state index in [9.17, 15) is 0 Å². The molecule has 3 aliphatic rings. The van der Waals surface area contributed by atoms with Gasteiger partial charge in [-0.15, -0.1) is 0 Å². The first-order chi connectivity index (χ1) is 10.8. The Balaban J connectivity index is 1.34. The van der Waals surface area contributed by atoms with Crippen molar-refractivity contribution in [2.24, 2.45) is 0 Å². The molecule has 4 rings (SSSR count). The molecule has 1 spiro atoms. The fourth-order valence-corrected chi connectivity index (χ4v) is 4.02. The minimum atomic E-state index is 0.0325. The van der Waals surface area contributed by atoms with Gasteiger partial charge in [-0.2, -0.15) is 0 Å². The van der Waals surface area contributed by atoms with Crippen LogP contribution in [0.3, 0.4) is 0 Å². The summed E-state index contributed by atoms with van der Waals surface area (Å²) in [5, 5.41) is 3.40. The largest absolute Gasteiger partial charge is 0.381 e. The topological polar surface area (TPSA) is 59.5 Å². The molecular formula is C16H24N4O2. The molecule has 3 fully saturated rings. The third-order valence-electron chi connectivity index (χ3n) is 5.16. The van der Waals surface area contributed by atoms with E-state index in [2.05, 4.69) is 20.2 Å². The Labute approximate surface area is 131 Å². The normalized spacial score (nSPS) is 33.5. The monoisotopic (exact) mass is 304 g/mol. The number of hydrogen-bond donors (Lipinski definition) is 1. The molecular weight excluding hydrogens is 280 g/mol. The lowest BCUT2D eigenvalue weighted by Gasteiger charge is -2.32. The standard InChI is InChI=1S/C16H24N4O2/c1-5-17-15(18-6-1)19-13-10-16(22-11-13)4-7-20(12-16)14-2-8-21-9-3-14/h1,5-6,13-14H,2-4,7-12H2,(H,17,18,19). The first kappa shape index (κ1) is 14.4. The number of anilines is 1. The number of hydrogen-bond acceptors (Lipinski definition) is 6. The van der Waals surface area contributed by atoms with Gasteiger partial charge in [0.05, 0.1) is 18.2 Å². The maximum atomic E-state index is 6.22. The Morgan fingerprint density at radius 3 is 2.86 bits per heavy atom. The number of aromatic nitrogens is 2. The van der Waals surface area contributed by atoms with Crippen molar-refractivity contribution in [3.63, 3.8) is 0 Å². The van der Waals surface area contributed by atoms with Gasteiger partial charge in [-0.05, 0) is 25.3 Å². The maximum absolute atomic E-state index is 6.22. The van der Waals surface area contributed by atoms with Gasteiger partial charge < -0.3 is 14.8 Å². The van der Waals surface area contributed by atoms with Gasteiger partial charge in [0.1, 0.15) is 0 Å². The van der Waals surface area contributed by atoms with Crippen molar-refractivity contribution in [3.8, 4) is 0 Å². The molecule has 22 heavy (non-hydrogen) atoms. The molecule has 120 valence electrons. The Morgan fingerprint density at radius 2 is 2.05 bits per heavy atom. The summed E-state index contributed by atoms with van der Waals surface area (Å²) in [5.41, 5.74) is 0.0325. The Hall–Kier alpha value is -1.24. The van der Waals surface area contributed by atoms with Crippen LogP contribution < -0.4 is 5.32 Å². The predicted molar refractivity (Wildman–Crippen MR) is 82.8 cm³/mol. The van der Waals surface area contributed by atoms with Crippen LogP contribution in [-0.4, -0.2) is 65.5 Å². The molecule has 0 amide bonds. The number of nitrogens with one attached hydrogen (secondary N) is 1. The van der Waals surface area contributed by atoms with Crippen LogP contribution in [0, 0.1) is 0 Å². The Bertz CT molecular complexity index is 494.